The molecule has 0 rings (SSSR count). The monoisotopic (exact) mass is 184 g/mol. The van der Waals surface area contributed by atoms with Crippen molar-refractivity contribution in [1.82, 2.24) is 0 Å². The molecule has 0 aromatic heterocycles. The van der Waals surface area contributed by atoms with Crippen molar-refractivity contribution in [2.75, 3.05) is 6.67 Å². The van der Waals surface area contributed by atoms with E-state index in [-0.39, 0.29) is 0 Å². The van der Waals surface area contributed by atoms with Gasteiger partial charge in [0.25, 0.3) is 0 Å². The average molecular weight is 184 g/mol. The van der Waals surface area contributed by atoms with Crippen LogP contribution < -0.4 is 0 Å². The first-order valence-corrected chi connectivity index (χ1v) is 2.14. The molecule has 0 atom stereocenters. The van der Waals surface area contributed by atoms with E-state index in [1.165, 1.54) is 0 Å². The van der Waals surface area contributed by atoms with Crippen molar-refractivity contribution in [2.45, 2.75) is 0 Å². The van der Waals surface area contributed by atoms with Crippen LogP contribution in [0.15, 0.2) is 0 Å². The van der Waals surface area contributed by atoms with Gasteiger partial charge in [-0.2, -0.15) is 0 Å². The van der Waals surface area contributed by atoms with Gasteiger partial charge in [0, 0.05) is 22.6 Å². The zero-order chi connectivity index (χ0) is 4.12. The largest absolute Gasteiger partial charge is 0.237 e. The van der Waals surface area contributed by atoms with Crippen LogP contribution in [0.1, 0.15) is 0 Å². The fourth-order valence-corrected chi connectivity index (χ4v) is 0.169. The molecule has 0 N–H and O–H groups in total. The maximum absolute atomic E-state index is 10.8. The zero-order valence-electron chi connectivity index (χ0n) is 2.46. The molecule has 28 valence electrons. The second kappa shape index (κ2) is 4.22. The van der Waals surface area contributed by atoms with E-state index in [0.29, 0.717) is 0 Å². The van der Waals surface area contributed by atoms with Gasteiger partial charge in [-0.3, -0.25) is 0 Å². The smallest absolute Gasteiger partial charge is 0.151 e. The lowest BCUT2D eigenvalue weighted by Gasteiger charge is -1.53. The van der Waals surface area contributed by atoms with E-state index in [4.69, 9.17) is 0 Å². The Morgan fingerprint density at radius 2 is 2.40 bits per heavy atom. The molecule has 0 nitrogen and oxygen atoms in total. The van der Waals surface area contributed by atoms with Gasteiger partial charge < -0.3 is 0 Å². The molecular formula is C3H2FI. The highest BCUT2D eigenvalue weighted by atomic mass is 127. The molecule has 0 heterocycles. The van der Waals surface area contributed by atoms with Crippen molar-refractivity contribution in [3.8, 4) is 9.85 Å². The maximum atomic E-state index is 10.8. The number of alkyl halides is 1. The van der Waals surface area contributed by atoms with E-state index in [9.17, 15) is 4.39 Å². The molecule has 0 amide bonds. The third-order valence-electron chi connectivity index (χ3n) is 0.134. The van der Waals surface area contributed by atoms with Crippen LogP contribution >= 0.6 is 22.6 Å². The summed E-state index contributed by atoms with van der Waals surface area (Å²) in [5, 5.41) is 0. The van der Waals surface area contributed by atoms with Crippen molar-refractivity contribution in [2.24, 2.45) is 0 Å². The highest BCUT2D eigenvalue weighted by molar-refractivity contribution is 14.1. The van der Waals surface area contributed by atoms with Gasteiger partial charge in [0.2, 0.25) is 0 Å². The lowest BCUT2D eigenvalue weighted by molar-refractivity contribution is 0.573. The van der Waals surface area contributed by atoms with E-state index in [0.717, 1.165) is 0 Å². The van der Waals surface area contributed by atoms with Crippen LogP contribution in [0, 0.1) is 9.85 Å². The van der Waals surface area contributed by atoms with Gasteiger partial charge in [0.05, 0.1) is 0 Å². The standard InChI is InChI=1S/C3H2FI/c4-2-1-3-5/h2H2. The summed E-state index contributed by atoms with van der Waals surface area (Å²) in [7, 11) is 0. The fourth-order valence-electron chi connectivity index (χ4n) is 0.0253. The molecular weight excluding hydrogens is 182 g/mol. The molecule has 0 aromatic rings. The lowest BCUT2D eigenvalue weighted by atomic mass is 10.8. The van der Waals surface area contributed by atoms with Crippen LogP contribution in [-0.4, -0.2) is 6.67 Å². The Hall–Kier alpha value is 0.220. The van der Waals surface area contributed by atoms with Crippen LogP contribution in [0.4, 0.5) is 4.39 Å². The second-order valence-electron chi connectivity index (χ2n) is 0.405. The first kappa shape index (κ1) is 5.22. The highest BCUT2D eigenvalue weighted by Gasteiger charge is 1.54. The Bertz CT molecular complexity index is 59.0. The topological polar surface area (TPSA) is 0 Å². The van der Waals surface area contributed by atoms with Gasteiger partial charge in [-0.25, -0.2) is 4.39 Å². The molecule has 0 saturated heterocycles. The van der Waals surface area contributed by atoms with E-state index < -0.39 is 6.67 Å². The summed E-state index contributed by atoms with van der Waals surface area (Å²) in [4.78, 5) is 0. The van der Waals surface area contributed by atoms with Gasteiger partial charge in [0.15, 0.2) is 6.67 Å². The van der Waals surface area contributed by atoms with E-state index in [2.05, 4.69) is 9.85 Å². The van der Waals surface area contributed by atoms with Crippen molar-refractivity contribution in [1.29, 1.82) is 0 Å². The van der Waals surface area contributed by atoms with Crippen molar-refractivity contribution < 1.29 is 4.39 Å². The van der Waals surface area contributed by atoms with Crippen LogP contribution in [-0.2, 0) is 0 Å². The molecule has 0 aliphatic rings. The summed E-state index contributed by atoms with van der Waals surface area (Å²) in [5.74, 6) is 2.18. The first-order valence-electron chi connectivity index (χ1n) is 1.06. The third kappa shape index (κ3) is 4.22. The van der Waals surface area contributed by atoms with Crippen LogP contribution in [0.25, 0.3) is 0 Å². The van der Waals surface area contributed by atoms with Gasteiger partial charge in [-0.1, -0.05) is 5.92 Å². The lowest BCUT2D eigenvalue weighted by Crippen LogP contribution is -1.53. The number of rotatable bonds is 0. The SMILES string of the molecule is FCC#CI. The minimum absolute atomic E-state index is 0.525. The molecule has 0 radical (unpaired) electrons. The van der Waals surface area contributed by atoms with Gasteiger partial charge in [-0.15, -0.1) is 0 Å². The van der Waals surface area contributed by atoms with Crippen LogP contribution in [0.5, 0.6) is 0 Å². The Kier molecular flexibility index (Phi) is 4.41. The molecule has 0 aliphatic heterocycles. The number of halogens is 2. The Morgan fingerprint density at radius 3 is 2.40 bits per heavy atom. The third-order valence-corrected chi connectivity index (χ3v) is 0.515. The fraction of sp³-hybridized carbons (Fsp3) is 0.333. The molecule has 0 aromatic carbocycles. The molecule has 0 fully saturated rings. The predicted octanol–water partition coefficient (Wildman–Crippen LogP) is 1.35. The van der Waals surface area contributed by atoms with Crippen LogP contribution in [0.3, 0.4) is 0 Å². The molecule has 0 spiro atoms. The number of hydrogen-bond donors (Lipinski definition) is 0. The van der Waals surface area contributed by atoms with Gasteiger partial charge in [-0.05, 0) is 3.93 Å². The summed E-state index contributed by atoms with van der Waals surface area (Å²) in [6.07, 6.45) is 0. The highest BCUT2D eigenvalue weighted by Crippen LogP contribution is 1.69. The summed E-state index contributed by atoms with van der Waals surface area (Å²) < 4.78 is 13.2. The van der Waals surface area contributed by atoms with E-state index >= 15 is 0 Å². The molecule has 2 heteroatoms. The summed E-state index contributed by atoms with van der Waals surface area (Å²) in [5.41, 5.74) is 0. The Labute approximate surface area is 43.9 Å². The zero-order valence-corrected chi connectivity index (χ0v) is 4.62. The summed E-state index contributed by atoms with van der Waals surface area (Å²) >= 11 is 1.79. The predicted molar refractivity (Wildman–Crippen MR) is 27.8 cm³/mol. The Morgan fingerprint density at radius 1 is 1.80 bits per heavy atom. The van der Waals surface area contributed by atoms with Crippen molar-refractivity contribution in [3.63, 3.8) is 0 Å². The molecule has 0 unspecified atom stereocenters. The quantitative estimate of drug-likeness (QED) is 0.393. The number of hydrogen-bond acceptors (Lipinski definition) is 0. The normalized spacial score (nSPS) is 5.20. The molecule has 0 bridgehead atoms. The summed E-state index contributed by atoms with van der Waals surface area (Å²) in [6.45, 7) is -0.525. The summed E-state index contributed by atoms with van der Waals surface area (Å²) in [6, 6.07) is 0. The van der Waals surface area contributed by atoms with E-state index in [1.54, 1.807) is 22.6 Å². The maximum Gasteiger partial charge on any atom is 0.151 e. The van der Waals surface area contributed by atoms with Crippen molar-refractivity contribution >= 4 is 22.6 Å². The second-order valence-corrected chi connectivity index (χ2v) is 0.944. The Balaban J connectivity index is 2.81. The molecule has 5 heavy (non-hydrogen) atoms. The minimum atomic E-state index is -0.525. The first-order chi connectivity index (χ1) is 2.41. The van der Waals surface area contributed by atoms with Gasteiger partial charge in [0.1, 0.15) is 0 Å². The van der Waals surface area contributed by atoms with Gasteiger partial charge >= 0.3 is 0 Å². The average Bonchev–Trinajstić information content (AvgIpc) is 1.41. The van der Waals surface area contributed by atoms with E-state index in [1.807, 2.05) is 0 Å². The van der Waals surface area contributed by atoms with Crippen molar-refractivity contribution in [3.05, 3.63) is 0 Å². The minimum Gasteiger partial charge on any atom is -0.237 e. The molecule has 0 aliphatic carbocycles. The molecule has 0 saturated carbocycles. The van der Waals surface area contributed by atoms with Crippen LogP contribution in [0.2, 0.25) is 0 Å².